The Morgan fingerprint density at radius 2 is 1.52 bits per heavy atom. The van der Waals surface area contributed by atoms with Crippen LogP contribution >= 0.6 is 0 Å². The summed E-state index contributed by atoms with van der Waals surface area (Å²) in [6.07, 6.45) is 11.8. The van der Waals surface area contributed by atoms with Crippen LogP contribution in [-0.4, -0.2) is 83.9 Å². The lowest BCUT2D eigenvalue weighted by Gasteiger charge is -2.44. The third-order valence-corrected chi connectivity index (χ3v) is 16.2. The Morgan fingerprint density at radius 1 is 0.923 bits per heavy atom. The van der Waals surface area contributed by atoms with Crippen LogP contribution in [0, 0.1) is 34.5 Å². The average molecular weight is 745 g/mol. The number of ketones is 2. The number of likely N-dealkylation sites (tertiary alicyclic amines) is 1. The summed E-state index contributed by atoms with van der Waals surface area (Å²) in [6.45, 7) is 15.4. The first kappa shape index (κ1) is 40.4. The van der Waals surface area contributed by atoms with E-state index in [-0.39, 0.29) is 47.7 Å². The lowest BCUT2D eigenvalue weighted by molar-refractivity contribution is -0.145. The number of nitrogens with zero attached hydrogens (tertiary/aromatic N) is 1. The Morgan fingerprint density at radius 3 is 2.08 bits per heavy atom. The van der Waals surface area contributed by atoms with Crippen molar-refractivity contribution >= 4 is 39.2 Å². The molecular weight excluding hydrogens is 681 g/mol. The molecule has 0 aromatic heterocycles. The predicted molar refractivity (Wildman–Crippen MR) is 201 cm³/mol. The van der Waals surface area contributed by atoms with Crippen molar-refractivity contribution in [3.05, 3.63) is 12.7 Å². The summed E-state index contributed by atoms with van der Waals surface area (Å²) < 4.78 is 25.9. The Hall–Kier alpha value is -2.76. The van der Waals surface area contributed by atoms with Crippen molar-refractivity contribution in [2.45, 2.75) is 154 Å². The van der Waals surface area contributed by atoms with Gasteiger partial charge in [-0.1, -0.05) is 78.2 Å². The molecule has 3 N–H and O–H groups in total. The van der Waals surface area contributed by atoms with Crippen LogP contribution in [0.2, 0.25) is 0 Å². The average Bonchev–Trinajstić information content (AvgIpc) is 3.92. The quantitative estimate of drug-likeness (QED) is 0.152. The molecule has 0 aromatic carbocycles. The third kappa shape index (κ3) is 8.62. The van der Waals surface area contributed by atoms with Gasteiger partial charge in [0.2, 0.25) is 11.7 Å². The van der Waals surface area contributed by atoms with E-state index in [1.165, 1.54) is 6.08 Å². The van der Waals surface area contributed by atoms with Crippen molar-refractivity contribution in [3.8, 4) is 0 Å². The zero-order valence-corrected chi connectivity index (χ0v) is 33.3. The lowest BCUT2D eigenvalue weighted by Crippen LogP contribution is -2.64. The van der Waals surface area contributed by atoms with Gasteiger partial charge in [0, 0.05) is 25.4 Å². The zero-order valence-electron chi connectivity index (χ0n) is 32.5. The Balaban J connectivity index is 1.40. The second-order valence-corrected chi connectivity index (χ2v) is 21.5. The number of Topliss-reactive ketones (excluding diaryl/α,β-unsaturated/α-hetero) is 2. The van der Waals surface area contributed by atoms with Crippen LogP contribution < -0.4 is 16.0 Å². The van der Waals surface area contributed by atoms with Crippen LogP contribution in [0.5, 0.6) is 0 Å². The molecule has 5 aliphatic rings. The number of fused-ring (bicyclic) bond motifs is 1. The van der Waals surface area contributed by atoms with Crippen molar-refractivity contribution in [1.29, 1.82) is 0 Å². The van der Waals surface area contributed by atoms with Gasteiger partial charge in [-0.05, 0) is 81.5 Å². The van der Waals surface area contributed by atoms with Crippen molar-refractivity contribution < 1.29 is 32.4 Å². The molecule has 11 nitrogen and oxygen atoms in total. The normalized spacial score (nSPS) is 27.3. The fourth-order valence-corrected chi connectivity index (χ4v) is 11.1. The van der Waals surface area contributed by atoms with Gasteiger partial charge in [0.15, 0.2) is 15.6 Å². The minimum Gasteiger partial charge on any atom is -0.346 e. The van der Waals surface area contributed by atoms with E-state index in [0.29, 0.717) is 31.7 Å². The number of carbonyl (C=O) groups is 5. The van der Waals surface area contributed by atoms with E-state index in [4.69, 9.17) is 0 Å². The molecule has 12 heteroatoms. The highest BCUT2D eigenvalue weighted by atomic mass is 32.2. The first-order valence-electron chi connectivity index (χ1n) is 19.8. The van der Waals surface area contributed by atoms with Crippen molar-refractivity contribution in [3.63, 3.8) is 0 Å². The first-order valence-corrected chi connectivity index (χ1v) is 21.5. The van der Waals surface area contributed by atoms with E-state index in [9.17, 15) is 32.4 Å². The molecule has 4 aliphatic carbocycles. The molecule has 0 aromatic rings. The number of urea groups is 1. The van der Waals surface area contributed by atoms with Crippen LogP contribution in [0.25, 0.3) is 0 Å². The number of nitrogens with one attached hydrogen (secondary N) is 3. The molecule has 292 valence electrons. The zero-order chi connectivity index (χ0) is 38.3. The molecule has 5 atom stereocenters. The van der Waals surface area contributed by atoms with Gasteiger partial charge in [0.1, 0.15) is 6.04 Å². The fraction of sp³-hybridized carbons (Fsp3) is 0.825. The van der Waals surface area contributed by atoms with E-state index in [1.54, 1.807) is 25.7 Å². The molecule has 0 bridgehead atoms. The van der Waals surface area contributed by atoms with Crippen LogP contribution in [0.4, 0.5) is 4.79 Å². The Labute approximate surface area is 311 Å². The molecule has 4 saturated carbocycles. The molecule has 0 spiro atoms. The second-order valence-electron chi connectivity index (χ2n) is 18.8. The Bertz CT molecular complexity index is 1520. The summed E-state index contributed by atoms with van der Waals surface area (Å²) in [5.74, 6) is -2.38. The maximum Gasteiger partial charge on any atom is 0.315 e. The van der Waals surface area contributed by atoms with Crippen LogP contribution in [0.15, 0.2) is 12.7 Å². The fourth-order valence-electron chi connectivity index (χ4n) is 9.59. The van der Waals surface area contributed by atoms with Crippen LogP contribution in [0.3, 0.4) is 0 Å². The van der Waals surface area contributed by atoms with Crippen LogP contribution in [0.1, 0.15) is 131 Å². The highest BCUT2D eigenvalue weighted by molar-refractivity contribution is 7.92. The van der Waals surface area contributed by atoms with Gasteiger partial charge in [0.05, 0.1) is 22.1 Å². The summed E-state index contributed by atoms with van der Waals surface area (Å²) >= 11 is 0. The smallest absolute Gasteiger partial charge is 0.315 e. The van der Waals surface area contributed by atoms with E-state index < -0.39 is 61.3 Å². The number of piperidine rings is 1. The first-order chi connectivity index (χ1) is 24.3. The van der Waals surface area contributed by atoms with Gasteiger partial charge in [0.25, 0.3) is 5.91 Å². The predicted octanol–water partition coefficient (Wildman–Crippen LogP) is 5.27. The molecular formula is C40H64N4O7S. The second kappa shape index (κ2) is 15.2. The SMILES string of the molecule is C=CCNC(=O)C(=O)[C@@H](CC(=O)[C@@H]1[C@@H]2[C@H](CN1C(=O)[C@@H](NC(=O)NC1(CS(=O)(=O)C(C)(C)C)CCCCC1)C1(C)CCCCC1)C2(C)C)CC1CC1. The monoisotopic (exact) mass is 744 g/mol. The number of amides is 4. The number of carbonyl (C=O) groups excluding carboxylic acids is 5. The number of hydrogen-bond acceptors (Lipinski definition) is 7. The van der Waals surface area contributed by atoms with Gasteiger partial charge in [-0.2, -0.15) is 0 Å². The number of sulfone groups is 1. The van der Waals surface area contributed by atoms with Crippen molar-refractivity contribution in [2.75, 3.05) is 18.8 Å². The molecule has 0 radical (unpaired) electrons. The highest BCUT2D eigenvalue weighted by Crippen LogP contribution is 2.65. The largest absolute Gasteiger partial charge is 0.346 e. The highest BCUT2D eigenvalue weighted by Gasteiger charge is 2.69. The third-order valence-electron chi connectivity index (χ3n) is 13.4. The molecule has 1 heterocycles. The maximum atomic E-state index is 14.9. The molecule has 1 aliphatic heterocycles. The maximum absolute atomic E-state index is 14.9. The van der Waals surface area contributed by atoms with Gasteiger partial charge in [-0.25, -0.2) is 13.2 Å². The van der Waals surface area contributed by atoms with Crippen molar-refractivity contribution in [2.24, 2.45) is 34.5 Å². The van der Waals surface area contributed by atoms with Gasteiger partial charge in [-0.15, -0.1) is 6.58 Å². The summed E-state index contributed by atoms with van der Waals surface area (Å²) in [4.78, 5) is 71.2. The van der Waals surface area contributed by atoms with Gasteiger partial charge < -0.3 is 20.9 Å². The Kier molecular flexibility index (Phi) is 11.8. The van der Waals surface area contributed by atoms with Crippen molar-refractivity contribution in [1.82, 2.24) is 20.9 Å². The minimum atomic E-state index is -3.56. The van der Waals surface area contributed by atoms with E-state index in [1.807, 2.05) is 6.92 Å². The molecule has 1 saturated heterocycles. The molecule has 52 heavy (non-hydrogen) atoms. The van der Waals surface area contributed by atoms with Gasteiger partial charge >= 0.3 is 6.03 Å². The number of rotatable bonds is 15. The van der Waals surface area contributed by atoms with E-state index in [0.717, 1.165) is 64.2 Å². The van der Waals surface area contributed by atoms with Crippen LogP contribution in [-0.2, 0) is 29.0 Å². The summed E-state index contributed by atoms with van der Waals surface area (Å²) in [7, 11) is -3.56. The molecule has 0 unspecified atom stereocenters. The molecule has 5 fully saturated rings. The van der Waals surface area contributed by atoms with Gasteiger partial charge in [-0.3, -0.25) is 19.2 Å². The lowest BCUT2D eigenvalue weighted by atomic mass is 9.70. The summed E-state index contributed by atoms with van der Waals surface area (Å²) in [5, 5.41) is 8.74. The summed E-state index contributed by atoms with van der Waals surface area (Å²) in [5.41, 5.74) is -1.66. The molecule has 4 amide bonds. The summed E-state index contributed by atoms with van der Waals surface area (Å²) in [6, 6.07) is -2.22. The standard InChI is InChI=1S/C40H64N4O7S/c1-8-21-41-34(47)32(46)27(22-26-15-16-26)23-29(45)31-30-28(38(30,5)6)24-44(31)35(48)33(39(7)17-11-9-12-18-39)42-36(49)43-40(19-13-10-14-20-40)25-52(50,51)37(2,3)4/h8,26-28,30-31,33H,1,9-25H2,2-7H3,(H,41,47)(H2,42,43,49)/t27-,28+,30+,31-,33-/m1/s1. The minimum absolute atomic E-state index is 0.0722. The molecule has 5 rings (SSSR count). The van der Waals surface area contributed by atoms with E-state index >= 15 is 0 Å². The van der Waals surface area contributed by atoms with E-state index in [2.05, 4.69) is 36.4 Å². The number of hydrogen-bond donors (Lipinski definition) is 3. The topological polar surface area (TPSA) is 159 Å².